The van der Waals surface area contributed by atoms with Crippen LogP contribution in [0, 0.1) is 5.92 Å². The van der Waals surface area contributed by atoms with Gasteiger partial charge < -0.3 is 10.2 Å². The quantitative estimate of drug-likeness (QED) is 0.778. The first-order chi connectivity index (χ1) is 9.45. The summed E-state index contributed by atoms with van der Waals surface area (Å²) in [5, 5.41) is 3.49. The number of pyridine rings is 1. The Morgan fingerprint density at radius 2 is 1.90 bits per heavy atom. The molecule has 0 saturated heterocycles. The lowest BCUT2D eigenvalue weighted by Crippen LogP contribution is -2.30. The Morgan fingerprint density at radius 3 is 2.40 bits per heavy atom. The summed E-state index contributed by atoms with van der Waals surface area (Å²) in [6, 6.07) is 5.21. The highest BCUT2D eigenvalue weighted by molar-refractivity contribution is 5.39. The highest BCUT2D eigenvalue weighted by Crippen LogP contribution is 2.19. The van der Waals surface area contributed by atoms with Crippen LogP contribution in [0.1, 0.15) is 59.1 Å². The maximum atomic E-state index is 4.62. The van der Waals surface area contributed by atoms with Crippen LogP contribution in [0.15, 0.2) is 18.3 Å². The van der Waals surface area contributed by atoms with E-state index in [2.05, 4.69) is 69.0 Å². The second-order valence-electron chi connectivity index (χ2n) is 6.22. The molecule has 0 aromatic carbocycles. The van der Waals surface area contributed by atoms with Gasteiger partial charge in [0.15, 0.2) is 0 Å². The van der Waals surface area contributed by atoms with Crippen molar-refractivity contribution in [2.24, 2.45) is 5.92 Å². The average molecular weight is 277 g/mol. The molecular formula is C17H31N3. The van der Waals surface area contributed by atoms with Crippen LogP contribution in [0.4, 0.5) is 5.82 Å². The summed E-state index contributed by atoms with van der Waals surface area (Å²) in [5.74, 6) is 1.77. The predicted octanol–water partition coefficient (Wildman–Crippen LogP) is 4.01. The first-order valence-electron chi connectivity index (χ1n) is 7.87. The van der Waals surface area contributed by atoms with E-state index >= 15 is 0 Å². The average Bonchev–Trinajstić information content (AvgIpc) is 2.43. The maximum absolute atomic E-state index is 4.62. The van der Waals surface area contributed by atoms with Crippen LogP contribution in [0.3, 0.4) is 0 Å². The third-order valence-electron chi connectivity index (χ3n) is 3.81. The molecule has 0 amide bonds. The molecule has 114 valence electrons. The summed E-state index contributed by atoms with van der Waals surface area (Å²) in [7, 11) is 2.13. The Bertz CT molecular complexity index is 372. The minimum absolute atomic E-state index is 0.370. The molecule has 1 N–H and O–H groups in total. The number of nitrogens with zero attached hydrogens (tertiary/aromatic N) is 2. The van der Waals surface area contributed by atoms with Crippen molar-refractivity contribution in [1.82, 2.24) is 10.3 Å². The van der Waals surface area contributed by atoms with Gasteiger partial charge in [0.25, 0.3) is 0 Å². The van der Waals surface area contributed by atoms with Gasteiger partial charge in [0.2, 0.25) is 0 Å². The topological polar surface area (TPSA) is 28.2 Å². The summed E-state index contributed by atoms with van der Waals surface area (Å²) >= 11 is 0. The molecule has 0 aliphatic carbocycles. The lowest BCUT2D eigenvalue weighted by Gasteiger charge is -2.27. The summed E-state index contributed by atoms with van der Waals surface area (Å²) < 4.78 is 0. The molecule has 3 nitrogen and oxygen atoms in total. The molecule has 1 aromatic rings. The fourth-order valence-electron chi connectivity index (χ4n) is 2.41. The zero-order valence-electron chi connectivity index (χ0n) is 14.0. The van der Waals surface area contributed by atoms with E-state index in [-0.39, 0.29) is 0 Å². The van der Waals surface area contributed by atoms with E-state index in [0.717, 1.165) is 18.8 Å². The predicted molar refractivity (Wildman–Crippen MR) is 88.3 cm³/mol. The summed E-state index contributed by atoms with van der Waals surface area (Å²) in [6.45, 7) is 12.2. The molecule has 3 heteroatoms. The van der Waals surface area contributed by atoms with E-state index in [1.807, 2.05) is 6.20 Å². The molecule has 0 radical (unpaired) electrons. The minimum atomic E-state index is 0.370. The molecule has 0 bridgehead atoms. The van der Waals surface area contributed by atoms with Crippen molar-refractivity contribution < 1.29 is 0 Å². The van der Waals surface area contributed by atoms with Gasteiger partial charge in [-0.15, -0.1) is 0 Å². The number of hydrogen-bond acceptors (Lipinski definition) is 3. The highest BCUT2D eigenvalue weighted by atomic mass is 15.2. The van der Waals surface area contributed by atoms with Crippen molar-refractivity contribution in [2.45, 2.75) is 59.5 Å². The Kier molecular flexibility index (Phi) is 7.00. The van der Waals surface area contributed by atoms with Gasteiger partial charge in [0.1, 0.15) is 5.82 Å². The minimum Gasteiger partial charge on any atom is -0.357 e. The molecule has 1 heterocycles. The molecule has 20 heavy (non-hydrogen) atoms. The van der Waals surface area contributed by atoms with Gasteiger partial charge in [0, 0.05) is 25.3 Å². The monoisotopic (exact) mass is 277 g/mol. The number of aromatic nitrogens is 1. The smallest absolute Gasteiger partial charge is 0.128 e. The molecule has 0 spiro atoms. The van der Waals surface area contributed by atoms with E-state index < -0.39 is 0 Å². The zero-order chi connectivity index (χ0) is 15.1. The fraction of sp³-hybridized carbons (Fsp3) is 0.706. The van der Waals surface area contributed by atoms with Crippen molar-refractivity contribution in [3.63, 3.8) is 0 Å². The first kappa shape index (κ1) is 17.0. The fourth-order valence-corrected chi connectivity index (χ4v) is 2.41. The molecular weight excluding hydrogens is 246 g/mol. The Hall–Kier alpha value is -1.09. The van der Waals surface area contributed by atoms with Crippen LogP contribution in [0.2, 0.25) is 0 Å². The lowest BCUT2D eigenvalue weighted by molar-refractivity contribution is 0.502. The van der Waals surface area contributed by atoms with E-state index in [1.54, 1.807) is 0 Å². The summed E-state index contributed by atoms with van der Waals surface area (Å²) in [6.07, 6.45) is 4.35. The third-order valence-corrected chi connectivity index (χ3v) is 3.81. The van der Waals surface area contributed by atoms with E-state index in [4.69, 9.17) is 0 Å². The number of anilines is 1. The van der Waals surface area contributed by atoms with Gasteiger partial charge in [-0.3, -0.25) is 0 Å². The molecule has 0 saturated carbocycles. The van der Waals surface area contributed by atoms with Gasteiger partial charge in [-0.05, 0) is 50.8 Å². The van der Waals surface area contributed by atoms with Crippen molar-refractivity contribution in [3.8, 4) is 0 Å². The molecule has 1 aromatic heterocycles. The largest absolute Gasteiger partial charge is 0.357 e. The molecule has 1 rings (SSSR count). The molecule has 0 fully saturated rings. The van der Waals surface area contributed by atoms with Gasteiger partial charge in [-0.2, -0.15) is 0 Å². The van der Waals surface area contributed by atoms with Gasteiger partial charge in [-0.25, -0.2) is 4.98 Å². The second kappa shape index (κ2) is 8.25. The zero-order valence-corrected chi connectivity index (χ0v) is 14.0. The van der Waals surface area contributed by atoms with Crippen LogP contribution < -0.4 is 10.2 Å². The Morgan fingerprint density at radius 1 is 1.20 bits per heavy atom. The van der Waals surface area contributed by atoms with Crippen molar-refractivity contribution >= 4 is 5.82 Å². The van der Waals surface area contributed by atoms with E-state index in [9.17, 15) is 0 Å². The summed E-state index contributed by atoms with van der Waals surface area (Å²) in [5.41, 5.74) is 1.26. The van der Waals surface area contributed by atoms with Gasteiger partial charge in [0.05, 0.1) is 0 Å². The number of hydrogen-bond donors (Lipinski definition) is 1. The van der Waals surface area contributed by atoms with Crippen LogP contribution in [-0.2, 0) is 0 Å². The van der Waals surface area contributed by atoms with Crippen molar-refractivity contribution in [1.29, 1.82) is 0 Å². The maximum Gasteiger partial charge on any atom is 0.128 e. The van der Waals surface area contributed by atoms with E-state index in [0.29, 0.717) is 18.0 Å². The van der Waals surface area contributed by atoms with Gasteiger partial charge >= 0.3 is 0 Å². The first-order valence-corrected chi connectivity index (χ1v) is 7.87. The summed E-state index contributed by atoms with van der Waals surface area (Å²) in [4.78, 5) is 6.89. The van der Waals surface area contributed by atoms with Crippen molar-refractivity contribution in [3.05, 3.63) is 23.9 Å². The lowest BCUT2D eigenvalue weighted by atomic mass is 10.0. The molecule has 0 aliphatic heterocycles. The molecule has 2 unspecified atom stereocenters. The van der Waals surface area contributed by atoms with Gasteiger partial charge in [-0.1, -0.05) is 26.8 Å². The Labute approximate surface area is 124 Å². The van der Waals surface area contributed by atoms with Crippen molar-refractivity contribution in [2.75, 3.05) is 18.5 Å². The van der Waals surface area contributed by atoms with E-state index in [1.165, 1.54) is 12.0 Å². The Balaban J connectivity index is 2.65. The normalized spacial score (nSPS) is 14.3. The second-order valence-corrected chi connectivity index (χ2v) is 6.22. The van der Waals surface area contributed by atoms with Crippen LogP contribution in [-0.4, -0.2) is 24.6 Å². The number of rotatable bonds is 8. The number of nitrogens with one attached hydrogen (secondary N) is 1. The molecule has 2 atom stereocenters. The van der Waals surface area contributed by atoms with Crippen LogP contribution >= 0.6 is 0 Å². The molecule has 0 aliphatic rings. The SMILES string of the molecule is CCCNC(C)c1ccc(N(C)C(C)CC(C)C)nc1. The highest BCUT2D eigenvalue weighted by Gasteiger charge is 2.13. The van der Waals surface area contributed by atoms with Crippen LogP contribution in [0.25, 0.3) is 0 Å². The standard InChI is InChI=1S/C17H31N3/c1-7-10-18-15(5)16-8-9-17(19-12-16)20(6)14(4)11-13(2)3/h8-9,12-15,18H,7,10-11H2,1-6H3. The van der Waals surface area contributed by atoms with Crippen LogP contribution in [0.5, 0.6) is 0 Å². The third kappa shape index (κ3) is 5.12.